The van der Waals surface area contributed by atoms with Gasteiger partial charge in [-0.1, -0.05) is 49.4 Å². The van der Waals surface area contributed by atoms with Gasteiger partial charge in [0.25, 0.3) is 15.9 Å². The molecule has 4 aromatic rings. The summed E-state index contributed by atoms with van der Waals surface area (Å²) < 4.78 is 43.2. The highest BCUT2D eigenvalue weighted by Gasteiger charge is 2.32. The Morgan fingerprint density at radius 1 is 1.05 bits per heavy atom. The van der Waals surface area contributed by atoms with Crippen molar-refractivity contribution in [1.82, 2.24) is 14.7 Å². The minimum absolute atomic E-state index is 0.0169. The van der Waals surface area contributed by atoms with Gasteiger partial charge in [0.15, 0.2) is 5.82 Å². The SMILES string of the molecule is CCN(CC)C(=O)c1ccc(Cn2nc(N(COCC[Si](C)(C)C)S(=O)(=O)c3ccc(Cl)s3)c3c(OC)cccc32)cc1. The molecule has 0 unspecified atom stereocenters. The second-order valence-electron chi connectivity index (χ2n) is 11.3. The van der Waals surface area contributed by atoms with Crippen LogP contribution in [0, 0.1) is 0 Å². The Hall–Kier alpha value is -2.90. The van der Waals surface area contributed by atoms with E-state index in [-0.39, 0.29) is 22.7 Å². The van der Waals surface area contributed by atoms with Gasteiger partial charge in [0.1, 0.15) is 16.7 Å². The molecule has 13 heteroatoms. The summed E-state index contributed by atoms with van der Waals surface area (Å²) in [4.78, 5) is 14.6. The van der Waals surface area contributed by atoms with Crippen LogP contribution in [0.2, 0.25) is 30.0 Å². The molecular weight excluding hydrogens is 624 g/mol. The zero-order valence-electron chi connectivity index (χ0n) is 25.5. The van der Waals surface area contributed by atoms with Crippen LogP contribution >= 0.6 is 22.9 Å². The number of fused-ring (bicyclic) bond motifs is 1. The Bertz CT molecular complexity index is 1660. The van der Waals surface area contributed by atoms with Gasteiger partial charge in [-0.15, -0.1) is 11.3 Å². The fourth-order valence-corrected chi connectivity index (χ4v) is 8.23. The molecule has 2 aromatic carbocycles. The number of carbonyl (C=O) groups is 1. The van der Waals surface area contributed by atoms with E-state index in [2.05, 4.69) is 19.6 Å². The maximum atomic E-state index is 14.0. The van der Waals surface area contributed by atoms with Crippen LogP contribution in [0.3, 0.4) is 0 Å². The molecule has 2 heterocycles. The fourth-order valence-electron chi connectivity index (χ4n) is 4.58. The number of nitrogens with zero attached hydrogens (tertiary/aromatic N) is 4. The van der Waals surface area contributed by atoms with Crippen molar-refractivity contribution in [2.45, 2.75) is 50.3 Å². The maximum Gasteiger partial charge on any atom is 0.277 e. The third kappa shape index (κ3) is 7.61. The molecule has 0 aliphatic carbocycles. The predicted molar refractivity (Wildman–Crippen MR) is 177 cm³/mol. The summed E-state index contributed by atoms with van der Waals surface area (Å²) in [5.41, 5.74) is 2.22. The number of hydrogen-bond donors (Lipinski definition) is 0. The van der Waals surface area contributed by atoms with Crippen LogP contribution in [0.15, 0.2) is 58.8 Å². The molecule has 0 saturated heterocycles. The number of methoxy groups -OCH3 is 1. The second-order valence-corrected chi connectivity index (χ2v) is 20.7. The summed E-state index contributed by atoms with van der Waals surface area (Å²) in [7, 11) is -3.93. The van der Waals surface area contributed by atoms with Gasteiger partial charge >= 0.3 is 0 Å². The van der Waals surface area contributed by atoms with Gasteiger partial charge in [0.2, 0.25) is 0 Å². The van der Waals surface area contributed by atoms with Crippen molar-refractivity contribution in [3.05, 3.63) is 70.1 Å². The summed E-state index contributed by atoms with van der Waals surface area (Å²) >= 11 is 7.13. The van der Waals surface area contributed by atoms with Crippen molar-refractivity contribution in [2.75, 3.05) is 37.8 Å². The molecule has 0 saturated carbocycles. The lowest BCUT2D eigenvalue weighted by Crippen LogP contribution is -2.34. The van der Waals surface area contributed by atoms with Gasteiger partial charge in [-0.3, -0.25) is 9.48 Å². The molecule has 0 spiro atoms. The molecule has 1 amide bonds. The topological polar surface area (TPSA) is 94.0 Å². The molecule has 0 fully saturated rings. The highest BCUT2D eigenvalue weighted by Crippen LogP contribution is 2.38. The zero-order chi connectivity index (χ0) is 31.4. The van der Waals surface area contributed by atoms with E-state index in [0.717, 1.165) is 22.9 Å². The van der Waals surface area contributed by atoms with Crippen LogP contribution in [-0.4, -0.2) is 70.6 Å². The van der Waals surface area contributed by atoms with Crippen LogP contribution in [-0.2, 0) is 21.3 Å². The van der Waals surface area contributed by atoms with Crippen molar-refractivity contribution in [2.24, 2.45) is 0 Å². The number of thiophene rings is 1. The Kier molecular flexibility index (Phi) is 10.6. The summed E-state index contributed by atoms with van der Waals surface area (Å²) in [6, 6.07) is 16.9. The minimum atomic E-state index is -4.07. The first-order valence-corrected chi connectivity index (χ1v) is 20.5. The smallest absolute Gasteiger partial charge is 0.277 e. The third-order valence-electron chi connectivity index (χ3n) is 7.06. The first-order chi connectivity index (χ1) is 20.4. The number of anilines is 1. The van der Waals surface area contributed by atoms with E-state index in [4.69, 9.17) is 26.2 Å². The van der Waals surface area contributed by atoms with Crippen molar-refractivity contribution < 1.29 is 22.7 Å². The molecule has 0 aliphatic heterocycles. The number of sulfonamides is 1. The largest absolute Gasteiger partial charge is 0.496 e. The van der Waals surface area contributed by atoms with Crippen LogP contribution in [0.4, 0.5) is 5.82 Å². The second kappa shape index (κ2) is 13.8. The average molecular weight is 663 g/mol. The lowest BCUT2D eigenvalue weighted by molar-refractivity contribution is 0.0773. The van der Waals surface area contributed by atoms with Gasteiger partial charge in [0, 0.05) is 33.3 Å². The lowest BCUT2D eigenvalue weighted by Gasteiger charge is -2.23. The van der Waals surface area contributed by atoms with Crippen molar-refractivity contribution in [1.29, 1.82) is 0 Å². The standard InChI is InChI=1S/C30H39ClN4O5S2Si/c1-7-33(8-2)30(36)23-14-12-22(13-15-23)20-34-24-10-9-11-25(39-3)28(24)29(32-34)35(21-40-18-19-43(4,5)6)42(37,38)27-17-16-26(31)41-27/h9-17H,7-8,18-21H2,1-6H3. The Morgan fingerprint density at radius 3 is 2.33 bits per heavy atom. The maximum absolute atomic E-state index is 14.0. The third-order valence-corrected chi connectivity index (χ3v) is 12.2. The van der Waals surface area contributed by atoms with Crippen molar-refractivity contribution in [3.63, 3.8) is 0 Å². The number of hydrogen-bond acceptors (Lipinski definition) is 7. The van der Waals surface area contributed by atoms with Gasteiger partial charge in [-0.25, -0.2) is 12.7 Å². The first-order valence-electron chi connectivity index (χ1n) is 14.2. The number of benzene rings is 2. The summed E-state index contributed by atoms with van der Waals surface area (Å²) in [6.45, 7) is 12.5. The summed E-state index contributed by atoms with van der Waals surface area (Å²) in [6.07, 6.45) is 0. The van der Waals surface area contributed by atoms with Crippen LogP contribution < -0.4 is 9.04 Å². The van der Waals surface area contributed by atoms with E-state index in [1.165, 1.54) is 10.4 Å². The quantitative estimate of drug-likeness (QED) is 0.0838. The highest BCUT2D eigenvalue weighted by molar-refractivity contribution is 7.94. The van der Waals surface area contributed by atoms with E-state index in [1.54, 1.807) is 28.8 Å². The molecule has 0 aliphatic rings. The Labute approximate surface area is 264 Å². The van der Waals surface area contributed by atoms with Crippen LogP contribution in [0.25, 0.3) is 10.9 Å². The molecule has 0 N–H and O–H groups in total. The molecule has 4 rings (SSSR count). The normalized spacial score (nSPS) is 12.1. The molecule has 9 nitrogen and oxygen atoms in total. The van der Waals surface area contributed by atoms with Gasteiger partial charge < -0.3 is 14.4 Å². The zero-order valence-corrected chi connectivity index (χ0v) is 28.9. The fraction of sp³-hybridized carbons (Fsp3) is 0.400. The molecular formula is C30H39ClN4O5S2Si. The average Bonchev–Trinajstić information content (AvgIpc) is 3.57. The van der Waals surface area contributed by atoms with Gasteiger partial charge in [0.05, 0.1) is 28.9 Å². The molecule has 232 valence electrons. The number of ether oxygens (including phenoxy) is 2. The van der Waals surface area contributed by atoms with Gasteiger partial charge in [-0.05, 0) is 61.9 Å². The van der Waals surface area contributed by atoms with E-state index < -0.39 is 18.1 Å². The van der Waals surface area contributed by atoms with E-state index >= 15 is 0 Å². The van der Waals surface area contributed by atoms with Crippen molar-refractivity contribution >= 4 is 63.7 Å². The van der Waals surface area contributed by atoms with E-state index in [1.807, 2.05) is 50.2 Å². The van der Waals surface area contributed by atoms with Crippen LogP contribution in [0.5, 0.6) is 5.75 Å². The Morgan fingerprint density at radius 2 is 1.74 bits per heavy atom. The number of rotatable bonds is 14. The number of carbonyl (C=O) groups excluding carboxylic acids is 1. The van der Waals surface area contributed by atoms with Crippen LogP contribution in [0.1, 0.15) is 29.8 Å². The van der Waals surface area contributed by atoms with Gasteiger partial charge in [-0.2, -0.15) is 5.10 Å². The number of halogens is 1. The van der Waals surface area contributed by atoms with E-state index in [0.29, 0.717) is 52.8 Å². The Balaban J connectivity index is 1.76. The summed E-state index contributed by atoms with van der Waals surface area (Å²) in [5, 5.41) is 5.39. The first kappa shape index (κ1) is 33.0. The number of amides is 1. The minimum Gasteiger partial charge on any atom is -0.496 e. The summed E-state index contributed by atoms with van der Waals surface area (Å²) in [5.74, 6) is 0.681. The molecule has 0 bridgehead atoms. The van der Waals surface area contributed by atoms with E-state index in [9.17, 15) is 13.2 Å². The molecule has 2 aromatic heterocycles. The highest BCUT2D eigenvalue weighted by atomic mass is 35.5. The molecule has 0 radical (unpaired) electrons. The molecule has 0 atom stereocenters. The lowest BCUT2D eigenvalue weighted by atomic mass is 10.1. The van der Waals surface area contributed by atoms with Crippen molar-refractivity contribution in [3.8, 4) is 5.75 Å². The number of aromatic nitrogens is 2. The monoisotopic (exact) mass is 662 g/mol. The molecule has 43 heavy (non-hydrogen) atoms. The predicted octanol–water partition coefficient (Wildman–Crippen LogP) is 6.80.